The predicted octanol–water partition coefficient (Wildman–Crippen LogP) is 2.18. The van der Waals surface area contributed by atoms with E-state index in [9.17, 15) is 9.82 Å². The maximum absolute atomic E-state index is 12.0. The van der Waals surface area contributed by atoms with Gasteiger partial charge in [0.2, 0.25) is 0 Å². The summed E-state index contributed by atoms with van der Waals surface area (Å²) in [7, 11) is 2.51. The fourth-order valence-electron chi connectivity index (χ4n) is 2.69. The largest absolute Gasteiger partial charge is 0.496 e. The summed E-state index contributed by atoms with van der Waals surface area (Å²) in [6.07, 6.45) is 1.49. The third kappa shape index (κ3) is 4.95. The molecular weight excluding hydrogens is 484 g/mol. The van der Waals surface area contributed by atoms with E-state index in [-0.39, 0.29) is 11.4 Å². The van der Waals surface area contributed by atoms with Crippen LogP contribution in [0.1, 0.15) is 21.5 Å². The van der Waals surface area contributed by atoms with Crippen molar-refractivity contribution in [3.05, 3.63) is 59.2 Å². The van der Waals surface area contributed by atoms with Gasteiger partial charge in [-0.05, 0) is 23.8 Å². The lowest BCUT2D eigenvalue weighted by Crippen LogP contribution is -2.14. The number of nitrogens with zero attached hydrogens (tertiary/aromatic N) is 2. The number of ether oxygens (including phenoxy) is 1. The molecule has 0 bridgehead atoms. The van der Waals surface area contributed by atoms with E-state index in [4.69, 9.17) is 10.5 Å². The van der Waals surface area contributed by atoms with Gasteiger partial charge in [-0.25, -0.2) is 4.99 Å². The molecule has 1 heterocycles. The topological polar surface area (TPSA) is 126 Å². The highest BCUT2D eigenvalue weighted by Crippen LogP contribution is 2.27. The van der Waals surface area contributed by atoms with E-state index < -0.39 is 5.91 Å². The van der Waals surface area contributed by atoms with Gasteiger partial charge in [0.1, 0.15) is 17.1 Å². The minimum atomic E-state index is -0.664. The number of aliphatic imine (C=N–C) groups is 1. The molecule has 29 heavy (non-hydrogen) atoms. The normalized spacial score (nSPS) is 10.9. The molecule has 3 aromatic rings. The van der Waals surface area contributed by atoms with Gasteiger partial charge in [-0.2, -0.15) is 5.10 Å². The fraction of sp³-hybridized carbons (Fsp3) is 0.105. The van der Waals surface area contributed by atoms with Gasteiger partial charge < -0.3 is 20.8 Å². The second-order valence-corrected chi connectivity index (χ2v) is 6.77. The molecule has 0 spiro atoms. The van der Waals surface area contributed by atoms with Crippen LogP contribution in [0.3, 0.4) is 0 Å². The van der Waals surface area contributed by atoms with Gasteiger partial charge in [-0.1, -0.05) is 52.3 Å². The minimum absolute atomic E-state index is 0.143. The van der Waals surface area contributed by atoms with E-state index in [1.807, 2.05) is 24.3 Å². The van der Waals surface area contributed by atoms with E-state index in [2.05, 4.69) is 43.1 Å². The fourth-order valence-corrected chi connectivity index (χ4v) is 3.17. The molecule has 0 aliphatic carbocycles. The maximum atomic E-state index is 12.0. The van der Waals surface area contributed by atoms with Crippen molar-refractivity contribution in [1.29, 1.82) is 0 Å². The zero-order valence-corrected chi connectivity index (χ0v) is 17.7. The highest BCUT2D eigenvalue weighted by Gasteiger charge is 2.18. The lowest BCUT2D eigenvalue weighted by atomic mass is 9.87. The number of aromatic nitrogens is 2. The van der Waals surface area contributed by atoms with Crippen LogP contribution in [-0.4, -0.2) is 41.9 Å². The number of carbonyl (C=O) groups excluding carboxylic acids is 1. The molecule has 0 unspecified atom stereocenters. The number of rotatable bonds is 8. The molecule has 0 fully saturated rings. The molecule has 147 valence electrons. The average molecular weight is 502 g/mol. The Morgan fingerprint density at radius 2 is 2.24 bits per heavy atom. The van der Waals surface area contributed by atoms with Crippen LogP contribution in [0.2, 0.25) is 0 Å². The second-order valence-electron chi connectivity index (χ2n) is 6.01. The molecule has 0 aliphatic rings. The summed E-state index contributed by atoms with van der Waals surface area (Å²) in [5.41, 5.74) is 8.84. The van der Waals surface area contributed by atoms with E-state index in [1.165, 1.54) is 13.3 Å². The highest BCUT2D eigenvalue weighted by molar-refractivity contribution is 14.1. The molecule has 8 nitrogen and oxygen atoms in total. The number of halogens is 1. The van der Waals surface area contributed by atoms with Gasteiger partial charge >= 0.3 is 7.48 Å². The van der Waals surface area contributed by atoms with Crippen molar-refractivity contribution < 1.29 is 14.6 Å². The lowest BCUT2D eigenvalue weighted by molar-refractivity contribution is 0.100. The third-order valence-corrected chi connectivity index (χ3v) is 4.95. The van der Waals surface area contributed by atoms with Gasteiger partial charge in [-0.3, -0.25) is 9.89 Å². The number of nitrogens with one attached hydrogen (secondary N) is 2. The van der Waals surface area contributed by atoms with E-state index >= 15 is 0 Å². The van der Waals surface area contributed by atoms with Crippen LogP contribution < -0.4 is 21.3 Å². The molecule has 1 aromatic heterocycles. The highest BCUT2D eigenvalue weighted by atomic mass is 127. The predicted molar refractivity (Wildman–Crippen MR) is 122 cm³/mol. The first-order valence-electron chi connectivity index (χ1n) is 8.55. The Morgan fingerprint density at radius 3 is 2.93 bits per heavy atom. The number of H-pyrrole nitrogens is 1. The van der Waals surface area contributed by atoms with Crippen LogP contribution in [0.25, 0.3) is 0 Å². The molecule has 5 N–H and O–H groups in total. The van der Waals surface area contributed by atoms with Crippen molar-refractivity contribution >= 4 is 65.0 Å². The average Bonchev–Trinajstić information content (AvgIpc) is 3.14. The number of aromatic amines is 1. The summed E-state index contributed by atoms with van der Waals surface area (Å²) >= 11 is 2.28. The van der Waals surface area contributed by atoms with Crippen LogP contribution >= 0.6 is 22.6 Å². The van der Waals surface area contributed by atoms with Gasteiger partial charge in [0, 0.05) is 21.9 Å². The Balaban J connectivity index is 1.93. The summed E-state index contributed by atoms with van der Waals surface area (Å²) in [6, 6.07) is 12.9. The summed E-state index contributed by atoms with van der Waals surface area (Å²) < 4.78 is 6.16. The molecule has 0 atom stereocenters. The number of primary amides is 1. The first kappa shape index (κ1) is 20.9. The number of hydrogen-bond acceptors (Lipinski definition) is 6. The Bertz CT molecular complexity index is 1050. The number of amides is 1. The molecule has 1 amide bonds. The number of methoxy groups -OCH3 is 1. The number of benzene rings is 2. The first-order valence-corrected chi connectivity index (χ1v) is 10.1. The van der Waals surface area contributed by atoms with Crippen LogP contribution in [0.4, 0.5) is 17.3 Å². The molecule has 0 saturated carbocycles. The third-order valence-electron chi connectivity index (χ3n) is 4.07. The van der Waals surface area contributed by atoms with Crippen LogP contribution in [0.15, 0.2) is 47.5 Å². The number of anilines is 2. The van der Waals surface area contributed by atoms with Crippen LogP contribution in [0, 0.1) is 0 Å². The Morgan fingerprint density at radius 1 is 1.41 bits per heavy atom. The lowest BCUT2D eigenvalue weighted by Gasteiger charge is -2.07. The smallest absolute Gasteiger partial charge is 0.326 e. The van der Waals surface area contributed by atoms with Crippen molar-refractivity contribution in [1.82, 2.24) is 10.2 Å². The standard InChI is InChI=1S/C19H18BIN5O3/c1-29-15-6-5-13(20-28)8-12(15)10-23-18-16(17(22)27)19(26-25-18)24-14-4-2-3-11(7-14)9-21/h2-8,10,28H,9H2,1H3,(H2,22,27)(H2,24,25,26). The summed E-state index contributed by atoms with van der Waals surface area (Å²) in [6.45, 7) is 0. The molecule has 3 rings (SSSR count). The van der Waals surface area contributed by atoms with E-state index in [0.717, 1.165) is 23.2 Å². The second kappa shape index (κ2) is 9.57. The van der Waals surface area contributed by atoms with Gasteiger partial charge in [-0.15, -0.1) is 0 Å². The van der Waals surface area contributed by atoms with Gasteiger partial charge in [0.15, 0.2) is 5.82 Å². The summed E-state index contributed by atoms with van der Waals surface area (Å²) in [4.78, 5) is 16.3. The Labute approximate surface area is 182 Å². The minimum Gasteiger partial charge on any atom is -0.496 e. The zero-order chi connectivity index (χ0) is 20.8. The van der Waals surface area contributed by atoms with Gasteiger partial charge in [0.05, 0.1) is 7.11 Å². The molecule has 0 saturated heterocycles. The van der Waals surface area contributed by atoms with Crippen molar-refractivity contribution in [2.24, 2.45) is 10.7 Å². The van der Waals surface area contributed by atoms with Crippen molar-refractivity contribution in [2.75, 3.05) is 12.4 Å². The first-order chi connectivity index (χ1) is 14.0. The maximum Gasteiger partial charge on any atom is 0.326 e. The molecule has 0 aliphatic heterocycles. The van der Waals surface area contributed by atoms with Crippen molar-refractivity contribution in [2.45, 2.75) is 4.43 Å². The molecule has 2 aromatic carbocycles. The summed E-state index contributed by atoms with van der Waals surface area (Å²) in [5.74, 6) is 0.400. The van der Waals surface area contributed by atoms with Crippen LogP contribution in [-0.2, 0) is 4.43 Å². The number of alkyl halides is 1. The SMILES string of the molecule is COc1ccc([B]O)cc1C=Nc1n[nH]c(Nc2cccc(CI)c2)c1C(N)=O. The Kier molecular flexibility index (Phi) is 6.88. The molecular formula is C19H18BIN5O3. The van der Waals surface area contributed by atoms with Crippen molar-refractivity contribution in [3.8, 4) is 5.75 Å². The van der Waals surface area contributed by atoms with Gasteiger partial charge in [0.25, 0.3) is 5.91 Å². The molecule has 1 radical (unpaired) electrons. The zero-order valence-electron chi connectivity index (χ0n) is 15.5. The number of hydrogen-bond donors (Lipinski definition) is 4. The Hall–Kier alpha value is -2.86. The molecule has 10 heteroatoms. The van der Waals surface area contributed by atoms with Crippen molar-refractivity contribution in [3.63, 3.8) is 0 Å². The quantitative estimate of drug-likeness (QED) is 0.163. The van der Waals surface area contributed by atoms with E-state index in [1.54, 1.807) is 18.2 Å². The monoisotopic (exact) mass is 502 g/mol. The summed E-state index contributed by atoms with van der Waals surface area (Å²) in [5, 5.41) is 19.2. The number of nitrogens with two attached hydrogens (primary N) is 1. The van der Waals surface area contributed by atoms with Crippen LogP contribution in [0.5, 0.6) is 5.75 Å². The number of carbonyl (C=O) groups is 1. The van der Waals surface area contributed by atoms with E-state index in [0.29, 0.717) is 22.6 Å².